The van der Waals surface area contributed by atoms with Crippen LogP contribution in [0.5, 0.6) is 5.75 Å². The summed E-state index contributed by atoms with van der Waals surface area (Å²) in [4.78, 5) is 26.2. The molecule has 1 aromatic carbocycles. The average Bonchev–Trinajstić information content (AvgIpc) is 3.37. The second kappa shape index (κ2) is 7.28. The third-order valence-corrected chi connectivity index (χ3v) is 6.38. The summed E-state index contributed by atoms with van der Waals surface area (Å²) >= 11 is 1.81. The molecule has 142 valence electrons. The van der Waals surface area contributed by atoms with Crippen molar-refractivity contribution in [3.8, 4) is 5.75 Å². The lowest BCUT2D eigenvalue weighted by molar-refractivity contribution is -0.928. The Morgan fingerprint density at radius 2 is 2.22 bits per heavy atom. The Kier molecular flexibility index (Phi) is 4.84. The zero-order valence-corrected chi connectivity index (χ0v) is 15.9. The first-order chi connectivity index (χ1) is 13.1. The molecule has 1 aromatic heterocycles. The van der Waals surface area contributed by atoms with Crippen LogP contribution >= 0.6 is 11.3 Å². The van der Waals surface area contributed by atoms with Gasteiger partial charge in [0.15, 0.2) is 6.54 Å². The zero-order valence-electron chi connectivity index (χ0n) is 15.1. The summed E-state index contributed by atoms with van der Waals surface area (Å²) in [6.45, 7) is 1.24. The molecule has 0 saturated heterocycles. The number of carbonyl (C=O) groups excluding carboxylic acids is 1. The summed E-state index contributed by atoms with van der Waals surface area (Å²) in [6.07, 6.45) is 3.42. The topological polar surface area (TPSA) is 85.9 Å². The van der Waals surface area contributed by atoms with Crippen LogP contribution in [0.3, 0.4) is 0 Å². The Morgan fingerprint density at radius 1 is 1.41 bits per heavy atom. The quantitative estimate of drug-likeness (QED) is 0.587. The van der Waals surface area contributed by atoms with Gasteiger partial charge in [0.2, 0.25) is 0 Å². The maximum Gasteiger partial charge on any atom is 0.296 e. The van der Waals surface area contributed by atoms with Crippen molar-refractivity contribution in [1.82, 2.24) is 0 Å². The van der Waals surface area contributed by atoms with Crippen LogP contribution < -0.4 is 15.0 Å². The number of benzene rings is 1. The number of nitrogens with one attached hydrogen (secondary N) is 2. The number of hydrogen-bond donors (Lipinski definition) is 2. The molecule has 1 fully saturated rings. The smallest absolute Gasteiger partial charge is 0.296 e. The standard InChI is InChI=1S/C19H21N3O4S/c1-26-13-4-5-15(16(10-13)22(24)25)20-18(23)11-21-8-6-17-14(7-9-27-17)19(21)12-2-3-12/h4-5,7,9-10,12,19H,2-3,6,8,11H2,1H3,(H,20,23)/p+1/t19-/m1/s1. The van der Waals surface area contributed by atoms with Crippen LogP contribution in [0.15, 0.2) is 29.6 Å². The first-order valence-electron chi connectivity index (χ1n) is 9.10. The Labute approximate surface area is 161 Å². The molecule has 8 heteroatoms. The maximum absolute atomic E-state index is 12.7. The van der Waals surface area contributed by atoms with Gasteiger partial charge in [-0.1, -0.05) is 0 Å². The van der Waals surface area contributed by atoms with Crippen molar-refractivity contribution in [2.45, 2.75) is 25.3 Å². The fraction of sp³-hybridized carbons (Fsp3) is 0.421. The van der Waals surface area contributed by atoms with E-state index >= 15 is 0 Å². The SMILES string of the molecule is COc1ccc(NC(=O)C[NH+]2CCc3sccc3[C@H]2C2CC2)c([N+](=O)[O-])c1. The molecular formula is C19H22N3O4S+. The molecule has 1 amide bonds. The molecule has 0 bridgehead atoms. The van der Waals surface area contributed by atoms with Crippen molar-refractivity contribution < 1.29 is 19.4 Å². The van der Waals surface area contributed by atoms with Gasteiger partial charge in [0, 0.05) is 22.8 Å². The minimum absolute atomic E-state index is 0.157. The summed E-state index contributed by atoms with van der Waals surface area (Å²) in [7, 11) is 1.45. The van der Waals surface area contributed by atoms with E-state index in [2.05, 4.69) is 16.8 Å². The number of quaternary nitrogens is 1. The van der Waals surface area contributed by atoms with E-state index < -0.39 is 4.92 Å². The van der Waals surface area contributed by atoms with E-state index in [-0.39, 0.29) is 17.3 Å². The molecule has 2 aromatic rings. The van der Waals surface area contributed by atoms with Gasteiger partial charge in [0.05, 0.1) is 24.6 Å². The number of fused-ring (bicyclic) bond motifs is 1. The van der Waals surface area contributed by atoms with Crippen LogP contribution in [0.4, 0.5) is 11.4 Å². The van der Waals surface area contributed by atoms with E-state index in [1.54, 1.807) is 17.4 Å². The lowest BCUT2D eigenvalue weighted by Crippen LogP contribution is -3.14. The number of nitrogens with zero attached hydrogens (tertiary/aromatic N) is 1. The number of methoxy groups -OCH3 is 1. The summed E-state index contributed by atoms with van der Waals surface area (Å²) in [5.41, 5.74) is 1.45. The first kappa shape index (κ1) is 17.9. The number of carbonyl (C=O) groups is 1. The van der Waals surface area contributed by atoms with Crippen molar-refractivity contribution in [1.29, 1.82) is 0 Å². The number of nitro groups is 1. The van der Waals surface area contributed by atoms with Gasteiger partial charge < -0.3 is 15.0 Å². The molecule has 4 rings (SSSR count). The molecule has 1 aliphatic carbocycles. The van der Waals surface area contributed by atoms with Crippen molar-refractivity contribution in [2.24, 2.45) is 5.92 Å². The molecule has 2 atom stereocenters. The predicted molar refractivity (Wildman–Crippen MR) is 102 cm³/mol. The fourth-order valence-electron chi connectivity index (χ4n) is 3.99. The molecule has 27 heavy (non-hydrogen) atoms. The molecule has 2 heterocycles. The molecule has 1 saturated carbocycles. The van der Waals surface area contributed by atoms with Crippen LogP contribution in [0.1, 0.15) is 29.3 Å². The second-order valence-electron chi connectivity index (χ2n) is 7.14. The highest BCUT2D eigenvalue weighted by molar-refractivity contribution is 7.10. The molecule has 2 N–H and O–H groups in total. The van der Waals surface area contributed by atoms with Crippen molar-refractivity contribution in [3.05, 3.63) is 50.2 Å². The van der Waals surface area contributed by atoms with Crippen molar-refractivity contribution >= 4 is 28.6 Å². The largest absolute Gasteiger partial charge is 0.496 e. The minimum atomic E-state index is -0.503. The number of anilines is 1. The molecular weight excluding hydrogens is 366 g/mol. The third-order valence-electron chi connectivity index (χ3n) is 5.38. The van der Waals surface area contributed by atoms with Gasteiger partial charge in [-0.15, -0.1) is 11.3 Å². The average molecular weight is 388 g/mol. The van der Waals surface area contributed by atoms with E-state index in [0.29, 0.717) is 24.3 Å². The van der Waals surface area contributed by atoms with Crippen molar-refractivity contribution in [2.75, 3.05) is 25.5 Å². The molecule has 0 radical (unpaired) electrons. The number of thiophene rings is 1. The van der Waals surface area contributed by atoms with E-state index in [0.717, 1.165) is 13.0 Å². The first-order valence-corrected chi connectivity index (χ1v) is 9.98. The Bertz CT molecular complexity index is 878. The third kappa shape index (κ3) is 3.68. The second-order valence-corrected chi connectivity index (χ2v) is 8.14. The normalized spacial score (nSPS) is 21.4. The molecule has 0 spiro atoms. The Balaban J connectivity index is 1.49. The monoisotopic (exact) mass is 388 g/mol. The molecule has 2 aliphatic rings. The highest BCUT2D eigenvalue weighted by Gasteiger charge is 2.43. The zero-order chi connectivity index (χ0) is 19.0. The predicted octanol–water partition coefficient (Wildman–Crippen LogP) is 2.20. The van der Waals surface area contributed by atoms with Gasteiger partial charge >= 0.3 is 0 Å². The van der Waals surface area contributed by atoms with Gasteiger partial charge in [-0.25, -0.2) is 0 Å². The number of nitro benzene ring substituents is 1. The molecule has 1 unspecified atom stereocenters. The van der Waals surface area contributed by atoms with E-state index in [9.17, 15) is 14.9 Å². The van der Waals surface area contributed by atoms with Crippen molar-refractivity contribution in [3.63, 3.8) is 0 Å². The number of rotatable bonds is 6. The number of amides is 1. The number of ether oxygens (including phenoxy) is 1. The van der Waals surface area contributed by atoms with Crippen LogP contribution in [0.2, 0.25) is 0 Å². The van der Waals surface area contributed by atoms with Crippen LogP contribution in [-0.4, -0.2) is 31.0 Å². The van der Waals surface area contributed by atoms with Gasteiger partial charge in [-0.05, 0) is 36.4 Å². The van der Waals surface area contributed by atoms with E-state index in [4.69, 9.17) is 4.74 Å². The minimum Gasteiger partial charge on any atom is -0.496 e. The highest BCUT2D eigenvalue weighted by Crippen LogP contribution is 2.42. The van der Waals surface area contributed by atoms with Crippen LogP contribution in [-0.2, 0) is 11.2 Å². The summed E-state index contributed by atoms with van der Waals surface area (Å²) < 4.78 is 5.04. The fourth-order valence-corrected chi connectivity index (χ4v) is 4.92. The number of hydrogen-bond acceptors (Lipinski definition) is 5. The highest BCUT2D eigenvalue weighted by atomic mass is 32.1. The van der Waals surface area contributed by atoms with E-state index in [1.165, 1.54) is 47.4 Å². The van der Waals surface area contributed by atoms with Gasteiger partial charge in [0.25, 0.3) is 11.6 Å². The van der Waals surface area contributed by atoms with Crippen LogP contribution in [0, 0.1) is 16.0 Å². The van der Waals surface area contributed by atoms with Gasteiger partial charge in [-0.3, -0.25) is 14.9 Å². The van der Waals surface area contributed by atoms with E-state index in [1.807, 2.05) is 0 Å². The summed E-state index contributed by atoms with van der Waals surface area (Å²) in [6, 6.07) is 7.04. The Hall–Kier alpha value is -2.45. The lowest BCUT2D eigenvalue weighted by Gasteiger charge is -2.32. The van der Waals surface area contributed by atoms with Gasteiger partial charge in [0.1, 0.15) is 17.5 Å². The molecule has 1 aliphatic heterocycles. The molecule has 7 nitrogen and oxygen atoms in total. The summed E-state index contributed by atoms with van der Waals surface area (Å²) in [5, 5.41) is 16.2. The maximum atomic E-state index is 12.7. The van der Waals surface area contributed by atoms with Gasteiger partial charge in [-0.2, -0.15) is 0 Å². The van der Waals surface area contributed by atoms with Crippen LogP contribution in [0.25, 0.3) is 0 Å². The summed E-state index contributed by atoms with van der Waals surface area (Å²) in [5.74, 6) is 0.847. The Morgan fingerprint density at radius 3 is 2.93 bits per heavy atom. The lowest BCUT2D eigenvalue weighted by atomic mass is 9.96.